The zero-order valence-corrected chi connectivity index (χ0v) is 11.8. The van der Waals surface area contributed by atoms with Crippen molar-refractivity contribution in [3.8, 4) is 22.5 Å². The molecule has 2 heterocycles. The Kier molecular flexibility index (Phi) is 3.09. The molecular weight excluding hydrogens is 270 g/mol. The molecule has 3 heteroatoms. The van der Waals surface area contributed by atoms with Crippen molar-refractivity contribution < 1.29 is 0 Å². The van der Waals surface area contributed by atoms with Gasteiger partial charge in [0.1, 0.15) is 6.33 Å². The summed E-state index contributed by atoms with van der Waals surface area (Å²) in [4.78, 5) is 13.4. The van der Waals surface area contributed by atoms with E-state index in [1.807, 2.05) is 72.8 Å². The number of hydrogen-bond acceptors (Lipinski definition) is 3. The van der Waals surface area contributed by atoms with Crippen molar-refractivity contribution in [2.24, 2.45) is 0 Å². The van der Waals surface area contributed by atoms with Crippen LogP contribution >= 0.6 is 0 Å². The van der Waals surface area contributed by atoms with Gasteiger partial charge >= 0.3 is 0 Å². The lowest BCUT2D eigenvalue weighted by molar-refractivity contribution is 1.18. The largest absolute Gasteiger partial charge is 0.236 e. The molecule has 104 valence electrons. The van der Waals surface area contributed by atoms with Crippen molar-refractivity contribution in [1.29, 1.82) is 0 Å². The van der Waals surface area contributed by atoms with E-state index in [2.05, 4.69) is 15.0 Å². The van der Waals surface area contributed by atoms with E-state index in [9.17, 15) is 0 Å². The first-order valence-electron chi connectivity index (χ1n) is 7.14. The van der Waals surface area contributed by atoms with E-state index < -0.39 is 0 Å². The molecule has 0 saturated carbocycles. The number of fused-ring (bicyclic) bond motifs is 1. The van der Waals surface area contributed by atoms with Crippen LogP contribution in [0, 0.1) is 0 Å². The molecule has 0 amide bonds. The second-order valence-corrected chi connectivity index (χ2v) is 5.02. The zero-order chi connectivity index (χ0) is 14.8. The Bertz CT molecular complexity index is 919. The maximum absolute atomic E-state index is 4.68. The van der Waals surface area contributed by atoms with Gasteiger partial charge in [-0.3, -0.25) is 0 Å². The van der Waals surface area contributed by atoms with Crippen molar-refractivity contribution in [2.45, 2.75) is 0 Å². The Morgan fingerprint density at radius 3 is 2.00 bits per heavy atom. The SMILES string of the molecule is c1ccc(-c2ccc3c(-c4ccccc4)ncnc3n2)cc1. The molecule has 0 fully saturated rings. The van der Waals surface area contributed by atoms with E-state index in [-0.39, 0.29) is 0 Å². The summed E-state index contributed by atoms with van der Waals surface area (Å²) in [6.07, 6.45) is 1.58. The molecule has 0 bridgehead atoms. The highest BCUT2D eigenvalue weighted by molar-refractivity contribution is 5.91. The number of hydrogen-bond donors (Lipinski definition) is 0. The fraction of sp³-hybridized carbons (Fsp3) is 0. The third-order valence-corrected chi connectivity index (χ3v) is 3.61. The highest BCUT2D eigenvalue weighted by Gasteiger charge is 2.08. The molecule has 0 aliphatic heterocycles. The van der Waals surface area contributed by atoms with Crippen LogP contribution in [-0.2, 0) is 0 Å². The summed E-state index contributed by atoms with van der Waals surface area (Å²) < 4.78 is 0. The summed E-state index contributed by atoms with van der Waals surface area (Å²) in [7, 11) is 0. The third kappa shape index (κ3) is 2.23. The first-order chi connectivity index (χ1) is 10.9. The van der Waals surface area contributed by atoms with Crippen LogP contribution in [0.4, 0.5) is 0 Å². The monoisotopic (exact) mass is 283 g/mol. The molecule has 0 saturated heterocycles. The van der Waals surface area contributed by atoms with Gasteiger partial charge in [0, 0.05) is 16.5 Å². The number of benzene rings is 2. The van der Waals surface area contributed by atoms with Crippen LogP contribution in [0.25, 0.3) is 33.5 Å². The molecule has 4 rings (SSSR count). The average molecular weight is 283 g/mol. The lowest BCUT2D eigenvalue weighted by atomic mass is 10.1. The number of nitrogens with zero attached hydrogens (tertiary/aromatic N) is 3. The quantitative estimate of drug-likeness (QED) is 0.548. The molecule has 3 nitrogen and oxygen atoms in total. The Labute approximate surface area is 128 Å². The van der Waals surface area contributed by atoms with E-state index in [1.54, 1.807) is 6.33 Å². The van der Waals surface area contributed by atoms with Gasteiger partial charge in [-0.15, -0.1) is 0 Å². The molecule has 2 aromatic heterocycles. The van der Waals surface area contributed by atoms with Crippen LogP contribution in [0.3, 0.4) is 0 Å². The standard InChI is InChI=1S/C19H13N3/c1-3-7-14(8-4-1)17-12-11-16-18(15-9-5-2-6-10-15)20-13-21-19(16)22-17/h1-13H. The lowest BCUT2D eigenvalue weighted by Gasteiger charge is -2.06. The molecule has 0 aliphatic rings. The first kappa shape index (κ1) is 12.7. The Morgan fingerprint density at radius 2 is 1.27 bits per heavy atom. The van der Waals surface area contributed by atoms with Gasteiger partial charge in [-0.25, -0.2) is 15.0 Å². The molecule has 0 spiro atoms. The molecule has 0 unspecified atom stereocenters. The van der Waals surface area contributed by atoms with Crippen LogP contribution < -0.4 is 0 Å². The second-order valence-electron chi connectivity index (χ2n) is 5.02. The van der Waals surface area contributed by atoms with Crippen LogP contribution in [-0.4, -0.2) is 15.0 Å². The third-order valence-electron chi connectivity index (χ3n) is 3.61. The topological polar surface area (TPSA) is 38.7 Å². The van der Waals surface area contributed by atoms with E-state index in [0.717, 1.165) is 33.5 Å². The van der Waals surface area contributed by atoms with Crippen molar-refractivity contribution in [3.05, 3.63) is 79.1 Å². The van der Waals surface area contributed by atoms with E-state index >= 15 is 0 Å². The minimum Gasteiger partial charge on any atom is -0.236 e. The summed E-state index contributed by atoms with van der Waals surface area (Å²) in [5.41, 5.74) is 4.71. The summed E-state index contributed by atoms with van der Waals surface area (Å²) in [5, 5.41) is 0.966. The highest BCUT2D eigenvalue weighted by atomic mass is 14.9. The minimum atomic E-state index is 0.718. The van der Waals surface area contributed by atoms with Crippen LogP contribution in [0.2, 0.25) is 0 Å². The smallest absolute Gasteiger partial charge is 0.163 e. The van der Waals surface area contributed by atoms with Gasteiger partial charge in [-0.2, -0.15) is 0 Å². The van der Waals surface area contributed by atoms with Gasteiger partial charge in [0.2, 0.25) is 0 Å². The van der Waals surface area contributed by atoms with E-state index in [4.69, 9.17) is 0 Å². The van der Waals surface area contributed by atoms with Crippen molar-refractivity contribution in [1.82, 2.24) is 15.0 Å². The van der Waals surface area contributed by atoms with Crippen LogP contribution in [0.15, 0.2) is 79.1 Å². The van der Waals surface area contributed by atoms with Gasteiger partial charge in [-0.1, -0.05) is 60.7 Å². The molecule has 4 aromatic rings. The van der Waals surface area contributed by atoms with E-state index in [0.29, 0.717) is 0 Å². The predicted molar refractivity (Wildman–Crippen MR) is 88.2 cm³/mol. The maximum atomic E-state index is 4.68. The molecule has 22 heavy (non-hydrogen) atoms. The predicted octanol–water partition coefficient (Wildman–Crippen LogP) is 4.36. The minimum absolute atomic E-state index is 0.718. The molecule has 0 N–H and O–H groups in total. The van der Waals surface area contributed by atoms with Crippen molar-refractivity contribution >= 4 is 11.0 Å². The van der Waals surface area contributed by atoms with Crippen LogP contribution in [0.5, 0.6) is 0 Å². The number of rotatable bonds is 2. The molecular formula is C19H13N3. The van der Waals surface area contributed by atoms with Crippen LogP contribution in [0.1, 0.15) is 0 Å². The molecule has 0 atom stereocenters. The Morgan fingerprint density at radius 1 is 0.591 bits per heavy atom. The zero-order valence-electron chi connectivity index (χ0n) is 11.8. The summed E-state index contributed by atoms with van der Waals surface area (Å²) in [6, 6.07) is 24.3. The Balaban J connectivity index is 1.90. The Hall–Kier alpha value is -3.07. The summed E-state index contributed by atoms with van der Waals surface area (Å²) in [5.74, 6) is 0. The van der Waals surface area contributed by atoms with Crippen molar-refractivity contribution in [3.63, 3.8) is 0 Å². The van der Waals surface area contributed by atoms with Gasteiger partial charge in [0.25, 0.3) is 0 Å². The fourth-order valence-corrected chi connectivity index (χ4v) is 2.54. The molecule has 2 aromatic carbocycles. The average Bonchev–Trinajstić information content (AvgIpc) is 2.62. The van der Waals surface area contributed by atoms with Gasteiger partial charge < -0.3 is 0 Å². The number of aromatic nitrogens is 3. The molecule has 0 aliphatic carbocycles. The fourth-order valence-electron chi connectivity index (χ4n) is 2.54. The lowest BCUT2D eigenvalue weighted by Crippen LogP contribution is -1.93. The number of pyridine rings is 1. The van der Waals surface area contributed by atoms with E-state index in [1.165, 1.54) is 0 Å². The molecule has 0 radical (unpaired) electrons. The van der Waals surface area contributed by atoms with Gasteiger partial charge in [-0.05, 0) is 12.1 Å². The summed E-state index contributed by atoms with van der Waals surface area (Å²) >= 11 is 0. The highest BCUT2D eigenvalue weighted by Crippen LogP contribution is 2.26. The summed E-state index contributed by atoms with van der Waals surface area (Å²) in [6.45, 7) is 0. The maximum Gasteiger partial charge on any atom is 0.163 e. The first-order valence-corrected chi connectivity index (χ1v) is 7.14. The van der Waals surface area contributed by atoms with Gasteiger partial charge in [0.15, 0.2) is 5.65 Å². The van der Waals surface area contributed by atoms with Crippen molar-refractivity contribution in [2.75, 3.05) is 0 Å². The van der Waals surface area contributed by atoms with Gasteiger partial charge in [0.05, 0.1) is 11.4 Å². The normalized spacial score (nSPS) is 10.7. The second kappa shape index (κ2) is 5.37.